The van der Waals surface area contributed by atoms with Gasteiger partial charge in [-0.2, -0.15) is 0 Å². The summed E-state index contributed by atoms with van der Waals surface area (Å²) in [6, 6.07) is 31.7. The van der Waals surface area contributed by atoms with E-state index < -0.39 is 0 Å². The molecule has 0 nitrogen and oxygen atoms in total. The molecule has 182 valence electrons. The number of hydrogen-bond donors (Lipinski definition) is 0. The smallest absolute Gasteiger partial charge is 0.0638 e. The van der Waals surface area contributed by atoms with Gasteiger partial charge in [0.15, 0.2) is 0 Å². The maximum atomic E-state index is 9.33. The van der Waals surface area contributed by atoms with E-state index in [2.05, 4.69) is 12.1 Å². The largest absolute Gasteiger partial charge is 0.135 e. The van der Waals surface area contributed by atoms with E-state index in [9.17, 15) is 6.85 Å². The van der Waals surface area contributed by atoms with Gasteiger partial charge in [0.25, 0.3) is 0 Å². The molecule has 1 heteroatoms. The summed E-state index contributed by atoms with van der Waals surface area (Å²) in [6.07, 6.45) is 0. The van der Waals surface area contributed by atoms with Crippen molar-refractivity contribution in [1.29, 1.82) is 0 Å². The lowest BCUT2D eigenvalue weighted by atomic mass is 9.86. The number of fused-ring (bicyclic) bond motifs is 5. The topological polar surface area (TPSA) is 0 Å². The van der Waals surface area contributed by atoms with Crippen LogP contribution >= 0.6 is 11.3 Å². The lowest BCUT2D eigenvalue weighted by molar-refractivity contribution is 1.63. The van der Waals surface area contributed by atoms with Crippen LogP contribution in [0, 0.1) is 0 Å². The Morgan fingerprint density at radius 3 is 1.49 bits per heavy atom. The van der Waals surface area contributed by atoms with Crippen LogP contribution in [0.25, 0.3) is 75.1 Å². The van der Waals surface area contributed by atoms with Crippen molar-refractivity contribution in [2.24, 2.45) is 0 Å². The molecule has 0 aliphatic rings. The van der Waals surface area contributed by atoms with Gasteiger partial charge < -0.3 is 0 Å². The highest BCUT2D eigenvalue weighted by Gasteiger charge is 2.16. The second-order valence-electron chi connectivity index (χ2n) is 9.51. The Hall–Kier alpha value is -4.72. The van der Waals surface area contributed by atoms with Crippen LogP contribution in [0.5, 0.6) is 0 Å². The van der Waals surface area contributed by atoms with Gasteiger partial charge in [0.1, 0.15) is 0 Å². The number of hydrogen-bond acceptors (Lipinski definition) is 1. The molecular formula is C38H24S. The maximum Gasteiger partial charge on any atom is 0.0638 e. The highest BCUT2D eigenvalue weighted by atomic mass is 32.1. The van der Waals surface area contributed by atoms with Gasteiger partial charge >= 0.3 is 0 Å². The Balaban J connectivity index is 1.48. The minimum atomic E-state index is -0.336. The van der Waals surface area contributed by atoms with Gasteiger partial charge in [0.05, 0.1) is 9.60 Å². The summed E-state index contributed by atoms with van der Waals surface area (Å²) in [6.45, 7) is 0. The summed E-state index contributed by atoms with van der Waals surface area (Å²) in [5.74, 6) is 0. The van der Waals surface area contributed by atoms with Gasteiger partial charge in [-0.3, -0.25) is 0 Å². The Morgan fingerprint density at radius 1 is 0.359 bits per heavy atom. The quantitative estimate of drug-likeness (QED) is 0.204. The standard InChI is InChI=1S/C38H24S/c1-2-10-26(11-3-1)37-30-13-4-6-15-32(30)38(33-16-7-5-14-31(33)37)27-20-18-25(19-21-27)28-22-23-36-34(24-28)29-12-8-9-17-35(29)39-36/h1-24H/i18D,19D,20D,21D,22D,23D,24D. The Kier molecular flexibility index (Phi) is 3.73. The zero-order valence-electron chi connectivity index (χ0n) is 27.7. The van der Waals surface area contributed by atoms with Gasteiger partial charge in [-0.05, 0) is 73.1 Å². The van der Waals surface area contributed by atoms with Crippen LogP contribution in [0.3, 0.4) is 0 Å². The van der Waals surface area contributed by atoms with Crippen LogP contribution in [-0.2, 0) is 0 Å². The fraction of sp³-hybridized carbons (Fsp3) is 0. The van der Waals surface area contributed by atoms with Crippen LogP contribution in [-0.4, -0.2) is 0 Å². The van der Waals surface area contributed by atoms with Gasteiger partial charge in [0, 0.05) is 20.2 Å². The molecule has 0 spiro atoms. The number of rotatable bonds is 3. The average molecular weight is 520 g/mol. The van der Waals surface area contributed by atoms with Crippen LogP contribution < -0.4 is 0 Å². The maximum absolute atomic E-state index is 9.33. The van der Waals surface area contributed by atoms with Crippen LogP contribution in [0.2, 0.25) is 0 Å². The van der Waals surface area contributed by atoms with Crippen molar-refractivity contribution < 1.29 is 9.60 Å². The Morgan fingerprint density at radius 2 is 0.846 bits per heavy atom. The molecule has 0 saturated heterocycles. The van der Waals surface area contributed by atoms with Crippen molar-refractivity contribution >= 4 is 53.1 Å². The summed E-state index contributed by atoms with van der Waals surface area (Å²) in [5.41, 5.74) is 2.64. The zero-order chi connectivity index (χ0) is 31.9. The summed E-state index contributed by atoms with van der Waals surface area (Å²) in [5, 5.41) is 4.72. The first-order valence-corrected chi connectivity index (χ1v) is 13.6. The molecule has 0 saturated carbocycles. The van der Waals surface area contributed by atoms with Crippen molar-refractivity contribution in [2.45, 2.75) is 0 Å². The number of benzene rings is 7. The van der Waals surface area contributed by atoms with E-state index in [0.717, 1.165) is 42.8 Å². The second kappa shape index (κ2) is 8.94. The predicted octanol–water partition coefficient (Wildman–Crippen LogP) is 11.4. The first kappa shape index (κ1) is 16.3. The predicted molar refractivity (Wildman–Crippen MR) is 171 cm³/mol. The molecule has 0 N–H and O–H groups in total. The van der Waals surface area contributed by atoms with Gasteiger partial charge in [-0.25, -0.2) is 0 Å². The molecule has 0 bridgehead atoms. The van der Waals surface area contributed by atoms with Gasteiger partial charge in [0.2, 0.25) is 0 Å². The van der Waals surface area contributed by atoms with Gasteiger partial charge in [-0.15, -0.1) is 11.3 Å². The van der Waals surface area contributed by atoms with Gasteiger partial charge in [-0.1, -0.05) is 127 Å². The summed E-state index contributed by atoms with van der Waals surface area (Å²) >= 11 is 1.34. The summed E-state index contributed by atoms with van der Waals surface area (Å²) in [7, 11) is 0. The van der Waals surface area contributed by atoms with Crippen molar-refractivity contribution in [3.8, 4) is 33.4 Å². The molecule has 0 radical (unpaired) electrons. The normalized spacial score (nSPS) is 14.1. The average Bonchev–Trinajstić information content (AvgIpc) is 3.48. The van der Waals surface area contributed by atoms with Crippen molar-refractivity contribution in [1.82, 2.24) is 0 Å². The van der Waals surface area contributed by atoms with Crippen molar-refractivity contribution in [2.75, 3.05) is 0 Å². The first-order chi connectivity index (χ1) is 22.3. The molecule has 0 amide bonds. The molecule has 1 heterocycles. The molecular weight excluding hydrogens is 488 g/mol. The summed E-state index contributed by atoms with van der Waals surface area (Å²) in [4.78, 5) is 0. The Labute approximate surface area is 241 Å². The van der Waals surface area contributed by atoms with Crippen LogP contribution in [0.4, 0.5) is 0 Å². The van der Waals surface area contributed by atoms with E-state index in [4.69, 9.17) is 2.74 Å². The van der Waals surface area contributed by atoms with E-state index >= 15 is 0 Å². The molecule has 0 unspecified atom stereocenters. The third-order valence-electron chi connectivity index (χ3n) is 7.27. The summed E-state index contributed by atoms with van der Waals surface area (Å²) < 4.78 is 65.5. The monoisotopic (exact) mass is 519 g/mol. The van der Waals surface area contributed by atoms with Crippen LogP contribution in [0.15, 0.2) is 145 Å². The minimum absolute atomic E-state index is 0.0567. The minimum Gasteiger partial charge on any atom is -0.135 e. The molecule has 7 aromatic carbocycles. The molecule has 0 aliphatic heterocycles. The third kappa shape index (κ3) is 3.59. The Bertz CT molecular complexity index is 2470. The van der Waals surface area contributed by atoms with Crippen molar-refractivity contribution in [3.05, 3.63) is 145 Å². The van der Waals surface area contributed by atoms with Crippen LogP contribution in [0.1, 0.15) is 9.60 Å². The highest BCUT2D eigenvalue weighted by molar-refractivity contribution is 7.25. The van der Waals surface area contributed by atoms with Crippen molar-refractivity contribution in [3.63, 3.8) is 0 Å². The molecule has 0 atom stereocenters. The molecule has 1 aromatic heterocycles. The SMILES string of the molecule is [2H]c1c([2H])c(-c2c3ccccc3c(-c3ccccc3)c3ccccc23)c([2H])c([2H])c1-c1c([2H])c([2H])c2sc3ccccc3c2c1[2H]. The molecule has 8 rings (SSSR count). The first-order valence-electron chi connectivity index (χ1n) is 16.3. The fourth-order valence-electron chi connectivity index (χ4n) is 5.53. The fourth-order valence-corrected chi connectivity index (χ4v) is 6.55. The third-order valence-corrected chi connectivity index (χ3v) is 8.35. The molecule has 8 aromatic rings. The zero-order valence-corrected chi connectivity index (χ0v) is 21.5. The number of thiophene rings is 1. The second-order valence-corrected chi connectivity index (χ2v) is 10.6. The molecule has 0 fully saturated rings. The van der Waals surface area contributed by atoms with E-state index in [-0.39, 0.29) is 59.0 Å². The molecule has 0 aliphatic carbocycles. The lowest BCUT2D eigenvalue weighted by Gasteiger charge is -2.18. The lowest BCUT2D eigenvalue weighted by Crippen LogP contribution is -1.90. The van der Waals surface area contributed by atoms with E-state index in [1.54, 1.807) is 0 Å². The van der Waals surface area contributed by atoms with E-state index in [0.29, 0.717) is 15.6 Å². The molecule has 39 heavy (non-hydrogen) atoms. The van der Waals surface area contributed by atoms with E-state index in [1.165, 1.54) is 11.3 Å². The van der Waals surface area contributed by atoms with E-state index in [1.807, 2.05) is 91.0 Å². The highest BCUT2D eigenvalue weighted by Crippen LogP contribution is 2.44.